The summed E-state index contributed by atoms with van der Waals surface area (Å²) in [6, 6.07) is 20.2. The highest BCUT2D eigenvalue weighted by Gasteiger charge is 2.30. The Morgan fingerprint density at radius 3 is 2.49 bits per heavy atom. The maximum atomic E-state index is 13.3. The molecule has 0 bridgehead atoms. The summed E-state index contributed by atoms with van der Waals surface area (Å²) in [7, 11) is 0. The number of nitrogens with one attached hydrogen (secondary N) is 1. The summed E-state index contributed by atoms with van der Waals surface area (Å²) >= 11 is 0. The van der Waals surface area contributed by atoms with Crippen molar-refractivity contribution in [2.75, 3.05) is 13.1 Å². The molecule has 2 amide bonds. The van der Waals surface area contributed by atoms with Crippen molar-refractivity contribution in [2.45, 2.75) is 79.6 Å². The van der Waals surface area contributed by atoms with E-state index in [9.17, 15) is 9.59 Å². The van der Waals surface area contributed by atoms with Crippen LogP contribution in [-0.4, -0.2) is 40.7 Å². The highest BCUT2D eigenvalue weighted by atomic mass is 16.6. The molecule has 0 atom stereocenters. The predicted molar refractivity (Wildman–Crippen MR) is 175 cm³/mol. The second-order valence-electron chi connectivity index (χ2n) is 12.9. The van der Waals surface area contributed by atoms with Crippen LogP contribution in [0.15, 0.2) is 65.2 Å². The molecule has 0 saturated carbocycles. The summed E-state index contributed by atoms with van der Waals surface area (Å²) < 4.78 is 18.1. The molecule has 2 heterocycles. The molecule has 1 aliphatic rings. The number of hydrogen-bond donors (Lipinski definition) is 1. The minimum absolute atomic E-state index is 0.221. The fraction of sp³-hybridized carbons (Fsp3) is 0.378. The zero-order valence-electron chi connectivity index (χ0n) is 27.3. The highest BCUT2D eigenvalue weighted by molar-refractivity contribution is 6.02. The number of hydrogen-bond acceptors (Lipinski definition) is 6. The van der Waals surface area contributed by atoms with Crippen molar-refractivity contribution in [3.63, 3.8) is 0 Å². The van der Waals surface area contributed by atoms with Crippen LogP contribution in [0.5, 0.6) is 5.75 Å². The number of fused-ring (bicyclic) bond motifs is 1. The molecule has 4 aromatic rings. The number of benzene rings is 3. The van der Waals surface area contributed by atoms with E-state index in [1.807, 2.05) is 76.2 Å². The van der Waals surface area contributed by atoms with Gasteiger partial charge in [-0.05, 0) is 92.5 Å². The van der Waals surface area contributed by atoms with Crippen LogP contribution < -0.4 is 10.1 Å². The number of rotatable bonds is 8. The number of carbonyl (C=O) groups excluding carboxylic acids is 2. The van der Waals surface area contributed by atoms with Gasteiger partial charge in [-0.3, -0.25) is 4.79 Å². The highest BCUT2D eigenvalue weighted by Crippen LogP contribution is 2.43. The zero-order chi connectivity index (χ0) is 32.3. The van der Waals surface area contributed by atoms with Crippen LogP contribution >= 0.6 is 0 Å². The van der Waals surface area contributed by atoms with E-state index in [1.165, 1.54) is 0 Å². The standard InChI is InChI=1S/C37H43N3O5/c1-8-38-35(41)33-32(27-14-15-28-21-40(17-16-26(28)19-27)36(42)44-37(5,6)7)34(45-39-33)30-20-29(23(2)3)24(4)18-31(30)43-22-25-12-10-9-11-13-25/h9-15,18-20,23H,8,16-17,21-22H2,1-7H3,(H,38,41). The maximum absolute atomic E-state index is 13.3. The molecule has 0 spiro atoms. The lowest BCUT2D eigenvalue weighted by molar-refractivity contribution is 0.0224. The van der Waals surface area contributed by atoms with Crippen molar-refractivity contribution in [3.05, 3.63) is 94.2 Å². The van der Waals surface area contributed by atoms with Crippen LogP contribution in [0.3, 0.4) is 0 Å². The van der Waals surface area contributed by atoms with Crippen molar-refractivity contribution in [2.24, 2.45) is 0 Å². The molecule has 1 aliphatic heterocycles. The molecule has 3 aromatic carbocycles. The SMILES string of the molecule is CCNC(=O)c1noc(-c2cc(C(C)C)c(C)cc2OCc2ccccc2)c1-c1ccc2c(c1)CCN(C(=O)OC(C)(C)C)C2. The van der Waals surface area contributed by atoms with E-state index in [1.54, 1.807) is 4.90 Å². The first-order chi connectivity index (χ1) is 21.4. The van der Waals surface area contributed by atoms with Gasteiger partial charge in [0, 0.05) is 19.6 Å². The fourth-order valence-corrected chi connectivity index (χ4v) is 5.68. The summed E-state index contributed by atoms with van der Waals surface area (Å²) in [5.74, 6) is 1.09. The molecule has 0 unspecified atom stereocenters. The van der Waals surface area contributed by atoms with Crippen molar-refractivity contribution in [3.8, 4) is 28.2 Å². The van der Waals surface area contributed by atoms with E-state index >= 15 is 0 Å². The van der Waals surface area contributed by atoms with E-state index in [0.717, 1.165) is 38.9 Å². The second-order valence-corrected chi connectivity index (χ2v) is 12.9. The van der Waals surface area contributed by atoms with E-state index in [0.29, 0.717) is 49.7 Å². The Balaban J connectivity index is 1.58. The van der Waals surface area contributed by atoms with Crippen LogP contribution in [0.1, 0.15) is 85.8 Å². The third-order valence-corrected chi connectivity index (χ3v) is 7.88. The Labute approximate surface area is 265 Å². The van der Waals surface area contributed by atoms with Crippen LogP contribution in [0, 0.1) is 6.92 Å². The van der Waals surface area contributed by atoms with Crippen molar-refractivity contribution in [1.29, 1.82) is 0 Å². The van der Waals surface area contributed by atoms with Gasteiger partial charge < -0.3 is 24.2 Å². The quantitative estimate of drug-likeness (QED) is 0.217. The monoisotopic (exact) mass is 609 g/mol. The number of nitrogens with zero attached hydrogens (tertiary/aromatic N) is 2. The van der Waals surface area contributed by atoms with Gasteiger partial charge in [0.25, 0.3) is 5.91 Å². The molecular weight excluding hydrogens is 566 g/mol. The van der Waals surface area contributed by atoms with Gasteiger partial charge in [0.2, 0.25) is 0 Å². The van der Waals surface area contributed by atoms with Crippen molar-refractivity contribution in [1.82, 2.24) is 15.4 Å². The average molecular weight is 610 g/mol. The first-order valence-electron chi connectivity index (χ1n) is 15.6. The number of aryl methyl sites for hydroxylation is 1. The molecule has 45 heavy (non-hydrogen) atoms. The molecule has 236 valence electrons. The van der Waals surface area contributed by atoms with Crippen LogP contribution in [0.4, 0.5) is 4.79 Å². The van der Waals surface area contributed by atoms with E-state index in [-0.39, 0.29) is 23.6 Å². The first kappa shape index (κ1) is 31.8. The van der Waals surface area contributed by atoms with E-state index in [4.69, 9.17) is 14.0 Å². The Kier molecular flexibility index (Phi) is 9.32. The molecule has 1 aromatic heterocycles. The average Bonchev–Trinajstić information content (AvgIpc) is 3.44. The first-order valence-corrected chi connectivity index (χ1v) is 15.6. The molecule has 0 radical (unpaired) electrons. The Hall–Kier alpha value is -4.59. The number of carbonyl (C=O) groups is 2. The molecule has 0 saturated heterocycles. The molecule has 0 aliphatic carbocycles. The van der Waals surface area contributed by atoms with Gasteiger partial charge in [0.1, 0.15) is 18.0 Å². The fourth-order valence-electron chi connectivity index (χ4n) is 5.68. The van der Waals surface area contributed by atoms with E-state index in [2.05, 4.69) is 43.4 Å². The Bertz CT molecular complexity index is 1680. The topological polar surface area (TPSA) is 93.9 Å². The molecule has 8 heteroatoms. The second kappa shape index (κ2) is 13.2. The van der Waals surface area contributed by atoms with Crippen LogP contribution in [0.25, 0.3) is 22.5 Å². The van der Waals surface area contributed by atoms with Crippen molar-refractivity contribution < 1.29 is 23.6 Å². The normalized spacial score (nSPS) is 13.0. The molecular formula is C37H43N3O5. The summed E-state index contributed by atoms with van der Waals surface area (Å²) in [4.78, 5) is 27.8. The maximum Gasteiger partial charge on any atom is 0.410 e. The molecule has 1 N–H and O–H groups in total. The van der Waals surface area contributed by atoms with Gasteiger partial charge in [0.05, 0.1) is 11.1 Å². The molecule has 5 rings (SSSR count). The van der Waals surface area contributed by atoms with Crippen LogP contribution in [-0.2, 0) is 24.3 Å². The lowest BCUT2D eigenvalue weighted by atomic mass is 9.90. The Morgan fingerprint density at radius 1 is 1.04 bits per heavy atom. The van der Waals surface area contributed by atoms with Gasteiger partial charge in [-0.2, -0.15) is 0 Å². The summed E-state index contributed by atoms with van der Waals surface area (Å²) in [6.45, 7) is 15.7. The zero-order valence-corrected chi connectivity index (χ0v) is 27.3. The van der Waals surface area contributed by atoms with Gasteiger partial charge in [-0.15, -0.1) is 0 Å². The summed E-state index contributed by atoms with van der Waals surface area (Å²) in [5.41, 5.74) is 7.30. The van der Waals surface area contributed by atoms with E-state index < -0.39 is 5.60 Å². The molecule has 0 fully saturated rings. The molecule has 8 nitrogen and oxygen atoms in total. The van der Waals surface area contributed by atoms with Gasteiger partial charge in [0.15, 0.2) is 11.5 Å². The van der Waals surface area contributed by atoms with Gasteiger partial charge in [-0.25, -0.2) is 4.79 Å². The van der Waals surface area contributed by atoms with Crippen LogP contribution in [0.2, 0.25) is 0 Å². The third kappa shape index (κ3) is 7.22. The third-order valence-electron chi connectivity index (χ3n) is 7.88. The Morgan fingerprint density at radius 2 is 1.80 bits per heavy atom. The van der Waals surface area contributed by atoms with Gasteiger partial charge in [-0.1, -0.05) is 67.5 Å². The number of aromatic nitrogens is 1. The largest absolute Gasteiger partial charge is 0.488 e. The number of amides is 2. The number of ether oxygens (including phenoxy) is 2. The lowest BCUT2D eigenvalue weighted by Gasteiger charge is -2.31. The minimum Gasteiger partial charge on any atom is -0.488 e. The summed E-state index contributed by atoms with van der Waals surface area (Å²) in [5, 5.41) is 7.20. The minimum atomic E-state index is -0.559. The summed E-state index contributed by atoms with van der Waals surface area (Å²) in [6.07, 6.45) is 0.341. The lowest BCUT2D eigenvalue weighted by Crippen LogP contribution is -2.39. The predicted octanol–water partition coefficient (Wildman–Crippen LogP) is 8.06. The van der Waals surface area contributed by atoms with Crippen molar-refractivity contribution >= 4 is 12.0 Å². The van der Waals surface area contributed by atoms with Gasteiger partial charge >= 0.3 is 6.09 Å². The smallest absolute Gasteiger partial charge is 0.410 e.